The molecular formula is C17H25NO. The van der Waals surface area contributed by atoms with Gasteiger partial charge in [0.1, 0.15) is 5.75 Å². The van der Waals surface area contributed by atoms with Gasteiger partial charge in [-0.3, -0.25) is 0 Å². The minimum absolute atomic E-state index is 0.793. The third-order valence-corrected chi connectivity index (χ3v) is 4.03. The van der Waals surface area contributed by atoms with E-state index in [1.54, 1.807) is 18.3 Å². The van der Waals surface area contributed by atoms with Gasteiger partial charge in [0.15, 0.2) is 0 Å². The SMILES string of the molecule is COc1ccc(CCC2=C(CCN)CCCC2)cc1. The van der Waals surface area contributed by atoms with Crippen molar-refractivity contribution in [1.29, 1.82) is 0 Å². The minimum Gasteiger partial charge on any atom is -0.497 e. The van der Waals surface area contributed by atoms with Crippen LogP contribution in [0.5, 0.6) is 5.75 Å². The summed E-state index contributed by atoms with van der Waals surface area (Å²) in [6.07, 6.45) is 8.68. The Morgan fingerprint density at radius 2 is 1.58 bits per heavy atom. The number of rotatable bonds is 6. The number of allylic oxidation sites excluding steroid dienone is 1. The summed E-state index contributed by atoms with van der Waals surface area (Å²) < 4.78 is 5.19. The van der Waals surface area contributed by atoms with Crippen LogP contribution in [0.15, 0.2) is 35.4 Å². The molecule has 2 rings (SSSR count). The zero-order chi connectivity index (χ0) is 13.5. The van der Waals surface area contributed by atoms with Gasteiger partial charge in [0.05, 0.1) is 7.11 Å². The van der Waals surface area contributed by atoms with Crippen molar-refractivity contribution >= 4 is 0 Å². The fraction of sp³-hybridized carbons (Fsp3) is 0.529. The van der Waals surface area contributed by atoms with E-state index in [4.69, 9.17) is 10.5 Å². The molecule has 0 saturated carbocycles. The lowest BCUT2D eigenvalue weighted by atomic mass is 9.86. The van der Waals surface area contributed by atoms with Gasteiger partial charge < -0.3 is 10.5 Å². The van der Waals surface area contributed by atoms with Gasteiger partial charge in [-0.05, 0) is 69.2 Å². The van der Waals surface area contributed by atoms with Crippen LogP contribution >= 0.6 is 0 Å². The second-order valence-corrected chi connectivity index (χ2v) is 5.30. The molecule has 1 aliphatic carbocycles. The van der Waals surface area contributed by atoms with Crippen LogP contribution in [0.25, 0.3) is 0 Å². The van der Waals surface area contributed by atoms with Crippen LogP contribution in [-0.2, 0) is 6.42 Å². The van der Waals surface area contributed by atoms with Crippen LogP contribution in [0.2, 0.25) is 0 Å². The van der Waals surface area contributed by atoms with Crippen LogP contribution < -0.4 is 10.5 Å². The standard InChI is InChI=1S/C17H25NO/c1-19-17-10-7-14(8-11-17)6-9-15-4-2-3-5-16(15)12-13-18/h7-8,10-11H,2-6,9,12-13,18H2,1H3. The van der Waals surface area contributed by atoms with Crippen molar-refractivity contribution < 1.29 is 4.74 Å². The molecule has 2 heteroatoms. The van der Waals surface area contributed by atoms with Gasteiger partial charge >= 0.3 is 0 Å². The van der Waals surface area contributed by atoms with Crippen LogP contribution in [0.3, 0.4) is 0 Å². The van der Waals surface area contributed by atoms with Crippen molar-refractivity contribution in [2.75, 3.05) is 13.7 Å². The molecule has 2 nitrogen and oxygen atoms in total. The monoisotopic (exact) mass is 259 g/mol. The molecule has 0 unspecified atom stereocenters. The lowest BCUT2D eigenvalue weighted by Gasteiger charge is -2.20. The Kier molecular flexibility index (Phi) is 5.46. The zero-order valence-electron chi connectivity index (χ0n) is 12.0. The van der Waals surface area contributed by atoms with Crippen molar-refractivity contribution in [3.8, 4) is 5.75 Å². The second kappa shape index (κ2) is 7.34. The first kappa shape index (κ1) is 14.1. The van der Waals surface area contributed by atoms with Crippen LogP contribution in [0, 0.1) is 0 Å². The highest BCUT2D eigenvalue weighted by Gasteiger charge is 2.11. The van der Waals surface area contributed by atoms with Crippen molar-refractivity contribution in [1.82, 2.24) is 0 Å². The van der Waals surface area contributed by atoms with E-state index in [-0.39, 0.29) is 0 Å². The van der Waals surface area contributed by atoms with Gasteiger partial charge in [0, 0.05) is 0 Å². The molecule has 104 valence electrons. The average molecular weight is 259 g/mol. The lowest BCUT2D eigenvalue weighted by Crippen LogP contribution is -2.07. The van der Waals surface area contributed by atoms with E-state index in [1.807, 2.05) is 12.1 Å². The summed E-state index contributed by atoms with van der Waals surface area (Å²) in [5.41, 5.74) is 10.4. The van der Waals surface area contributed by atoms with E-state index in [0.29, 0.717) is 0 Å². The number of nitrogens with two attached hydrogens (primary N) is 1. The van der Waals surface area contributed by atoms with E-state index >= 15 is 0 Å². The van der Waals surface area contributed by atoms with Crippen molar-refractivity contribution in [3.05, 3.63) is 41.0 Å². The molecule has 1 aliphatic rings. The smallest absolute Gasteiger partial charge is 0.118 e. The Balaban J connectivity index is 1.95. The number of hydrogen-bond donors (Lipinski definition) is 1. The quantitative estimate of drug-likeness (QED) is 0.788. The summed E-state index contributed by atoms with van der Waals surface area (Å²) in [5, 5.41) is 0. The molecular weight excluding hydrogens is 234 g/mol. The van der Waals surface area contributed by atoms with E-state index in [1.165, 1.54) is 37.7 Å². The molecule has 0 atom stereocenters. The normalized spacial score (nSPS) is 15.7. The molecule has 0 amide bonds. The van der Waals surface area contributed by atoms with Crippen molar-refractivity contribution in [2.24, 2.45) is 5.73 Å². The van der Waals surface area contributed by atoms with Gasteiger partial charge in [-0.2, -0.15) is 0 Å². The van der Waals surface area contributed by atoms with Gasteiger partial charge in [0.2, 0.25) is 0 Å². The largest absolute Gasteiger partial charge is 0.497 e. The number of ether oxygens (including phenoxy) is 1. The highest BCUT2D eigenvalue weighted by molar-refractivity contribution is 5.28. The molecule has 0 spiro atoms. The van der Waals surface area contributed by atoms with Crippen molar-refractivity contribution in [2.45, 2.75) is 44.9 Å². The first-order valence-corrected chi connectivity index (χ1v) is 7.36. The highest BCUT2D eigenvalue weighted by atomic mass is 16.5. The summed E-state index contributed by atoms with van der Waals surface area (Å²) in [6, 6.07) is 8.44. The Morgan fingerprint density at radius 1 is 0.947 bits per heavy atom. The Morgan fingerprint density at radius 3 is 2.16 bits per heavy atom. The second-order valence-electron chi connectivity index (χ2n) is 5.30. The van der Waals surface area contributed by atoms with Gasteiger partial charge in [-0.1, -0.05) is 23.3 Å². The minimum atomic E-state index is 0.793. The van der Waals surface area contributed by atoms with E-state index in [0.717, 1.165) is 25.1 Å². The Bertz CT molecular complexity index is 419. The maximum Gasteiger partial charge on any atom is 0.118 e. The summed E-state index contributed by atoms with van der Waals surface area (Å²) in [6.45, 7) is 0.793. The number of hydrogen-bond acceptors (Lipinski definition) is 2. The van der Waals surface area contributed by atoms with E-state index < -0.39 is 0 Å². The summed E-state index contributed by atoms with van der Waals surface area (Å²) in [7, 11) is 1.71. The molecule has 1 aromatic carbocycles. The lowest BCUT2D eigenvalue weighted by molar-refractivity contribution is 0.414. The van der Waals surface area contributed by atoms with E-state index in [2.05, 4.69) is 12.1 Å². The van der Waals surface area contributed by atoms with Crippen LogP contribution in [0.1, 0.15) is 44.1 Å². The molecule has 0 aromatic heterocycles. The molecule has 0 fully saturated rings. The summed E-state index contributed by atoms with van der Waals surface area (Å²) >= 11 is 0. The average Bonchev–Trinajstić information content (AvgIpc) is 2.47. The molecule has 0 aliphatic heterocycles. The number of methoxy groups -OCH3 is 1. The molecule has 0 saturated heterocycles. The summed E-state index contributed by atoms with van der Waals surface area (Å²) in [5.74, 6) is 0.935. The van der Waals surface area contributed by atoms with Gasteiger partial charge in [-0.25, -0.2) is 0 Å². The first-order chi connectivity index (χ1) is 9.33. The predicted molar refractivity (Wildman–Crippen MR) is 80.5 cm³/mol. The fourth-order valence-corrected chi connectivity index (χ4v) is 2.90. The first-order valence-electron chi connectivity index (χ1n) is 7.36. The fourth-order valence-electron chi connectivity index (χ4n) is 2.90. The third kappa shape index (κ3) is 4.10. The predicted octanol–water partition coefficient (Wildman–Crippen LogP) is 3.85. The maximum absolute atomic E-state index is 5.71. The van der Waals surface area contributed by atoms with E-state index in [9.17, 15) is 0 Å². The van der Waals surface area contributed by atoms with Crippen LogP contribution in [0.4, 0.5) is 0 Å². The van der Waals surface area contributed by atoms with Crippen LogP contribution in [-0.4, -0.2) is 13.7 Å². The third-order valence-electron chi connectivity index (χ3n) is 4.03. The van der Waals surface area contributed by atoms with Gasteiger partial charge in [0.25, 0.3) is 0 Å². The highest BCUT2D eigenvalue weighted by Crippen LogP contribution is 2.29. The topological polar surface area (TPSA) is 35.2 Å². The maximum atomic E-state index is 5.71. The molecule has 19 heavy (non-hydrogen) atoms. The molecule has 2 N–H and O–H groups in total. The summed E-state index contributed by atoms with van der Waals surface area (Å²) in [4.78, 5) is 0. The molecule has 1 aromatic rings. The van der Waals surface area contributed by atoms with Gasteiger partial charge in [-0.15, -0.1) is 0 Å². The van der Waals surface area contributed by atoms with Crippen molar-refractivity contribution in [3.63, 3.8) is 0 Å². The molecule has 0 heterocycles. The zero-order valence-corrected chi connectivity index (χ0v) is 12.0. The Labute approximate surface area is 116 Å². The number of aryl methyl sites for hydroxylation is 1. The number of benzene rings is 1. The molecule has 0 bridgehead atoms. The molecule has 0 radical (unpaired) electrons. The Hall–Kier alpha value is -1.28.